The van der Waals surface area contributed by atoms with Crippen molar-refractivity contribution < 1.29 is 13.5 Å². The quantitative estimate of drug-likeness (QED) is 0.482. The molecule has 0 unspecified atom stereocenters. The average Bonchev–Trinajstić information content (AvgIpc) is 3.36. The molecule has 1 aliphatic rings. The summed E-state index contributed by atoms with van der Waals surface area (Å²) in [7, 11) is 0. The predicted octanol–water partition coefficient (Wildman–Crippen LogP) is 4.21. The molecule has 0 saturated carbocycles. The van der Waals surface area contributed by atoms with E-state index in [-0.39, 0.29) is 5.69 Å². The van der Waals surface area contributed by atoms with Gasteiger partial charge in [0, 0.05) is 30.2 Å². The Morgan fingerprint density at radius 1 is 1.13 bits per heavy atom. The lowest BCUT2D eigenvalue weighted by Gasteiger charge is -2.08. The number of rotatable bonds is 5. The maximum atomic E-state index is 14.3. The van der Waals surface area contributed by atoms with E-state index in [1.54, 1.807) is 6.20 Å². The van der Waals surface area contributed by atoms with E-state index >= 15 is 0 Å². The molecule has 158 valence electrons. The van der Waals surface area contributed by atoms with E-state index in [1.807, 2.05) is 16.8 Å². The second-order valence-corrected chi connectivity index (χ2v) is 7.36. The number of aryl methyl sites for hydroxylation is 1. The number of halogens is 2. The van der Waals surface area contributed by atoms with Crippen molar-refractivity contribution in [1.29, 1.82) is 0 Å². The van der Waals surface area contributed by atoms with E-state index in [9.17, 15) is 8.78 Å². The first-order valence-corrected chi connectivity index (χ1v) is 10.2. The van der Waals surface area contributed by atoms with E-state index < -0.39 is 11.6 Å². The van der Waals surface area contributed by atoms with Crippen LogP contribution < -0.4 is 4.74 Å². The number of pyridine rings is 1. The standard InChI is InChI=1S/C22H20F2N6O/c1-2-3-4-15-10-20-16(11-25-15)21-28-18(12-29(21)7-8-31-20)22-26-13-27-30(22)19-6-5-14(23)9-17(19)24/h5-6,9-13H,2-4,7-8H2,1H3. The molecule has 9 heteroatoms. The largest absolute Gasteiger partial charge is 0.491 e. The molecular formula is C22H20F2N6O. The second kappa shape index (κ2) is 7.90. The van der Waals surface area contributed by atoms with Gasteiger partial charge in [-0.1, -0.05) is 13.3 Å². The lowest BCUT2D eigenvalue weighted by molar-refractivity contribution is 0.306. The Hall–Kier alpha value is -3.62. The van der Waals surface area contributed by atoms with Crippen LogP contribution in [0.15, 0.2) is 43.0 Å². The van der Waals surface area contributed by atoms with Crippen LogP contribution in [0.5, 0.6) is 5.75 Å². The van der Waals surface area contributed by atoms with Gasteiger partial charge in [0.15, 0.2) is 11.6 Å². The highest BCUT2D eigenvalue weighted by molar-refractivity contribution is 5.68. The molecule has 0 bridgehead atoms. The molecule has 4 aromatic rings. The zero-order chi connectivity index (χ0) is 21.4. The third-order valence-electron chi connectivity index (χ3n) is 5.23. The van der Waals surface area contributed by atoms with E-state index in [2.05, 4.69) is 22.0 Å². The smallest absolute Gasteiger partial charge is 0.183 e. The van der Waals surface area contributed by atoms with Crippen molar-refractivity contribution in [3.05, 3.63) is 60.3 Å². The van der Waals surface area contributed by atoms with Gasteiger partial charge in [-0.3, -0.25) is 4.98 Å². The molecule has 3 aromatic heterocycles. The Bertz CT molecular complexity index is 1250. The van der Waals surface area contributed by atoms with E-state index in [4.69, 9.17) is 9.72 Å². The minimum absolute atomic E-state index is 0.100. The van der Waals surface area contributed by atoms with Gasteiger partial charge in [-0.2, -0.15) is 5.10 Å². The number of ether oxygens (including phenoxy) is 1. The predicted molar refractivity (Wildman–Crippen MR) is 110 cm³/mol. The van der Waals surface area contributed by atoms with Gasteiger partial charge in [0.1, 0.15) is 41.7 Å². The molecule has 31 heavy (non-hydrogen) atoms. The highest BCUT2D eigenvalue weighted by Gasteiger charge is 2.23. The lowest BCUT2D eigenvalue weighted by atomic mass is 10.1. The van der Waals surface area contributed by atoms with Gasteiger partial charge >= 0.3 is 0 Å². The molecule has 0 N–H and O–H groups in total. The molecular weight excluding hydrogens is 402 g/mol. The second-order valence-electron chi connectivity index (χ2n) is 7.36. The van der Waals surface area contributed by atoms with Gasteiger partial charge in [0.05, 0.1) is 12.1 Å². The first-order chi connectivity index (χ1) is 15.1. The van der Waals surface area contributed by atoms with Gasteiger partial charge in [-0.05, 0) is 25.0 Å². The van der Waals surface area contributed by atoms with E-state index in [1.165, 1.54) is 23.1 Å². The lowest BCUT2D eigenvalue weighted by Crippen LogP contribution is -2.05. The number of aromatic nitrogens is 6. The van der Waals surface area contributed by atoms with Gasteiger partial charge in [-0.25, -0.2) is 23.4 Å². The number of benzene rings is 1. The van der Waals surface area contributed by atoms with Crippen LogP contribution in [0, 0.1) is 11.6 Å². The fourth-order valence-electron chi connectivity index (χ4n) is 3.67. The highest BCUT2D eigenvalue weighted by atomic mass is 19.1. The number of imidazole rings is 1. The Balaban J connectivity index is 1.56. The van der Waals surface area contributed by atoms with Gasteiger partial charge in [0.2, 0.25) is 0 Å². The maximum Gasteiger partial charge on any atom is 0.183 e. The highest BCUT2D eigenvalue weighted by Crippen LogP contribution is 2.34. The number of fused-ring (bicyclic) bond motifs is 3. The Labute approximate surface area is 177 Å². The zero-order valence-corrected chi connectivity index (χ0v) is 16.9. The number of hydrogen-bond acceptors (Lipinski definition) is 5. The molecule has 0 radical (unpaired) electrons. The summed E-state index contributed by atoms with van der Waals surface area (Å²) in [6.07, 6.45) is 8.02. The molecule has 0 atom stereocenters. The first-order valence-electron chi connectivity index (χ1n) is 10.2. The zero-order valence-electron chi connectivity index (χ0n) is 16.9. The topological polar surface area (TPSA) is 70.7 Å². The Morgan fingerprint density at radius 3 is 2.87 bits per heavy atom. The van der Waals surface area contributed by atoms with Gasteiger partial charge in [0.25, 0.3) is 0 Å². The van der Waals surface area contributed by atoms with Crippen LogP contribution in [0.3, 0.4) is 0 Å². The summed E-state index contributed by atoms with van der Waals surface area (Å²) in [6, 6.07) is 5.31. The fraction of sp³-hybridized carbons (Fsp3) is 0.273. The Kier molecular flexibility index (Phi) is 4.93. The van der Waals surface area contributed by atoms with Gasteiger partial charge < -0.3 is 9.30 Å². The van der Waals surface area contributed by atoms with Crippen molar-refractivity contribution >= 4 is 0 Å². The third-order valence-corrected chi connectivity index (χ3v) is 5.23. The minimum Gasteiger partial charge on any atom is -0.491 e. The first kappa shape index (κ1) is 19.3. The van der Waals surface area contributed by atoms with Crippen LogP contribution >= 0.6 is 0 Å². The summed E-state index contributed by atoms with van der Waals surface area (Å²) >= 11 is 0. The molecule has 0 spiro atoms. The van der Waals surface area contributed by atoms with Crippen molar-refractivity contribution in [1.82, 2.24) is 29.3 Å². The molecule has 0 saturated heterocycles. The van der Waals surface area contributed by atoms with Crippen LogP contribution in [-0.2, 0) is 13.0 Å². The maximum absolute atomic E-state index is 14.3. The molecule has 0 fully saturated rings. The van der Waals surface area contributed by atoms with Crippen molar-refractivity contribution in [2.75, 3.05) is 6.61 Å². The van der Waals surface area contributed by atoms with Crippen LogP contribution in [0.2, 0.25) is 0 Å². The summed E-state index contributed by atoms with van der Waals surface area (Å²) in [5, 5.41) is 4.12. The third kappa shape index (κ3) is 3.56. The molecule has 4 heterocycles. The SMILES string of the molecule is CCCCc1cc2c(cn1)-c1nc(-c3ncnn3-c3ccc(F)cc3F)cn1CCO2. The monoisotopic (exact) mass is 422 g/mol. The number of unbranched alkanes of at least 4 members (excludes halogenated alkanes) is 1. The number of nitrogens with zero attached hydrogens (tertiary/aromatic N) is 6. The summed E-state index contributed by atoms with van der Waals surface area (Å²) in [4.78, 5) is 13.6. The van der Waals surface area contributed by atoms with Crippen molar-refractivity contribution in [2.45, 2.75) is 32.7 Å². The molecule has 1 aliphatic heterocycles. The van der Waals surface area contributed by atoms with Crippen LogP contribution in [0.25, 0.3) is 28.6 Å². The van der Waals surface area contributed by atoms with Crippen molar-refractivity contribution in [3.63, 3.8) is 0 Å². The van der Waals surface area contributed by atoms with Gasteiger partial charge in [-0.15, -0.1) is 0 Å². The fourth-order valence-corrected chi connectivity index (χ4v) is 3.67. The Morgan fingerprint density at radius 2 is 2.03 bits per heavy atom. The molecule has 1 aromatic carbocycles. The van der Waals surface area contributed by atoms with Crippen LogP contribution in [0.4, 0.5) is 8.78 Å². The van der Waals surface area contributed by atoms with Crippen molar-refractivity contribution in [2.24, 2.45) is 0 Å². The normalized spacial score (nSPS) is 12.7. The average molecular weight is 422 g/mol. The summed E-state index contributed by atoms with van der Waals surface area (Å²) in [5.41, 5.74) is 2.41. The molecule has 7 nitrogen and oxygen atoms in total. The molecule has 5 rings (SSSR count). The van der Waals surface area contributed by atoms with Crippen LogP contribution in [-0.4, -0.2) is 35.9 Å². The molecule has 0 aliphatic carbocycles. The van der Waals surface area contributed by atoms with E-state index in [0.29, 0.717) is 30.5 Å². The summed E-state index contributed by atoms with van der Waals surface area (Å²) in [5.74, 6) is 0.435. The number of hydrogen-bond donors (Lipinski definition) is 0. The van der Waals surface area contributed by atoms with E-state index in [0.717, 1.165) is 42.3 Å². The van der Waals surface area contributed by atoms with Crippen molar-refractivity contribution in [3.8, 4) is 34.3 Å². The summed E-state index contributed by atoms with van der Waals surface area (Å²) < 4.78 is 36.9. The molecule has 0 amide bonds. The summed E-state index contributed by atoms with van der Waals surface area (Å²) in [6.45, 7) is 3.24. The van der Waals surface area contributed by atoms with Crippen LogP contribution in [0.1, 0.15) is 25.5 Å². The minimum atomic E-state index is -0.727.